The van der Waals surface area contributed by atoms with Crippen LogP contribution < -0.4 is 5.32 Å². The Labute approximate surface area is 104 Å². The van der Waals surface area contributed by atoms with E-state index in [4.69, 9.17) is 4.74 Å². The fraction of sp³-hybridized carbons (Fsp3) is 0.923. The minimum absolute atomic E-state index is 0.00705. The highest BCUT2D eigenvalue weighted by molar-refractivity contribution is 5.77. The number of cyclic esters (lactones) is 1. The molecule has 2 fully saturated rings. The second kappa shape index (κ2) is 6.36. The third kappa shape index (κ3) is 3.42. The Morgan fingerprint density at radius 2 is 2.12 bits per heavy atom. The first-order valence-electron chi connectivity index (χ1n) is 6.92. The lowest BCUT2D eigenvalue weighted by molar-refractivity contribution is -0.142. The summed E-state index contributed by atoms with van der Waals surface area (Å²) in [6.07, 6.45) is 4.46. The molecule has 2 aliphatic rings. The first-order valence-corrected chi connectivity index (χ1v) is 6.92. The van der Waals surface area contributed by atoms with Gasteiger partial charge in [-0.3, -0.25) is 9.69 Å². The largest absolute Gasteiger partial charge is 0.464 e. The number of carbonyl (C=O) groups is 1. The monoisotopic (exact) mass is 240 g/mol. The van der Waals surface area contributed by atoms with Crippen LogP contribution >= 0.6 is 0 Å². The van der Waals surface area contributed by atoms with Crippen LogP contribution in [0.1, 0.15) is 32.6 Å². The van der Waals surface area contributed by atoms with Gasteiger partial charge in [-0.2, -0.15) is 0 Å². The molecule has 0 bridgehead atoms. The van der Waals surface area contributed by atoms with E-state index in [1.165, 1.54) is 12.8 Å². The highest BCUT2D eigenvalue weighted by Gasteiger charge is 2.33. The van der Waals surface area contributed by atoms with Crippen LogP contribution in [0, 0.1) is 5.92 Å². The van der Waals surface area contributed by atoms with Gasteiger partial charge in [0, 0.05) is 13.0 Å². The Hall–Kier alpha value is -0.610. The zero-order chi connectivity index (χ0) is 12.1. The number of nitrogens with zero attached hydrogens (tertiary/aromatic N) is 1. The molecule has 0 radical (unpaired) electrons. The average Bonchev–Trinajstić information content (AvgIpc) is 2.76. The Kier molecular flexibility index (Phi) is 4.80. The summed E-state index contributed by atoms with van der Waals surface area (Å²) in [5.41, 5.74) is 0. The van der Waals surface area contributed by atoms with Gasteiger partial charge in [-0.25, -0.2) is 0 Å². The average molecular weight is 240 g/mol. The van der Waals surface area contributed by atoms with Gasteiger partial charge in [0.05, 0.1) is 6.61 Å². The number of carbonyl (C=O) groups excluding carboxylic acids is 1. The van der Waals surface area contributed by atoms with E-state index in [2.05, 4.69) is 17.1 Å². The molecular weight excluding hydrogens is 216 g/mol. The van der Waals surface area contributed by atoms with E-state index in [1.807, 2.05) is 0 Å². The number of hydrogen-bond donors (Lipinski definition) is 1. The molecule has 0 saturated carbocycles. The van der Waals surface area contributed by atoms with E-state index in [1.54, 1.807) is 0 Å². The molecule has 1 atom stereocenters. The molecular formula is C13H24N2O2. The highest BCUT2D eigenvalue weighted by Crippen LogP contribution is 2.20. The van der Waals surface area contributed by atoms with E-state index in [-0.39, 0.29) is 12.0 Å². The van der Waals surface area contributed by atoms with Gasteiger partial charge >= 0.3 is 5.97 Å². The first-order chi connectivity index (χ1) is 8.31. The smallest absolute Gasteiger partial charge is 0.323 e. The molecule has 0 spiro atoms. The van der Waals surface area contributed by atoms with Crippen molar-refractivity contribution in [3.05, 3.63) is 0 Å². The molecule has 0 amide bonds. The molecule has 0 aromatic heterocycles. The number of nitrogens with one attached hydrogen (secondary N) is 1. The minimum atomic E-state index is -0.00705. The van der Waals surface area contributed by atoms with Crippen molar-refractivity contribution in [2.75, 3.05) is 32.8 Å². The Morgan fingerprint density at radius 1 is 1.35 bits per heavy atom. The maximum absolute atomic E-state index is 11.7. The number of ether oxygens (including phenoxy) is 1. The number of hydrogen-bond acceptors (Lipinski definition) is 4. The van der Waals surface area contributed by atoms with Gasteiger partial charge in [-0.1, -0.05) is 6.92 Å². The predicted molar refractivity (Wildman–Crippen MR) is 66.8 cm³/mol. The number of piperidine rings is 1. The molecule has 2 saturated heterocycles. The zero-order valence-electron chi connectivity index (χ0n) is 10.8. The molecule has 98 valence electrons. The van der Waals surface area contributed by atoms with E-state index in [0.717, 1.165) is 44.9 Å². The molecule has 2 aliphatic heterocycles. The fourth-order valence-corrected chi connectivity index (χ4v) is 2.87. The molecule has 1 N–H and O–H groups in total. The van der Waals surface area contributed by atoms with Gasteiger partial charge in [0.25, 0.3) is 0 Å². The standard InChI is InChI=1S/C13H24N2O2/c1-2-8-15(12-5-9-17-13(12)16)10-11-3-6-14-7-4-11/h11-12,14H,2-10H2,1H3. The van der Waals surface area contributed by atoms with Crippen molar-refractivity contribution < 1.29 is 9.53 Å². The van der Waals surface area contributed by atoms with E-state index in [0.29, 0.717) is 6.61 Å². The van der Waals surface area contributed by atoms with Crippen molar-refractivity contribution in [2.45, 2.75) is 38.6 Å². The summed E-state index contributed by atoms with van der Waals surface area (Å²) in [7, 11) is 0. The van der Waals surface area contributed by atoms with Crippen LogP contribution in [-0.2, 0) is 9.53 Å². The van der Waals surface area contributed by atoms with Crippen molar-refractivity contribution in [3.8, 4) is 0 Å². The SMILES string of the molecule is CCCN(CC1CCNCC1)C1CCOC1=O. The molecule has 0 aliphatic carbocycles. The molecule has 0 aromatic rings. The van der Waals surface area contributed by atoms with Crippen LogP contribution in [-0.4, -0.2) is 49.7 Å². The molecule has 4 heteroatoms. The maximum atomic E-state index is 11.7. The quantitative estimate of drug-likeness (QED) is 0.728. The summed E-state index contributed by atoms with van der Waals surface area (Å²) < 4.78 is 5.09. The molecule has 1 unspecified atom stereocenters. The van der Waals surface area contributed by atoms with Crippen molar-refractivity contribution >= 4 is 5.97 Å². The highest BCUT2D eigenvalue weighted by atomic mass is 16.5. The summed E-state index contributed by atoms with van der Waals surface area (Å²) in [5.74, 6) is 0.739. The van der Waals surface area contributed by atoms with Gasteiger partial charge in [-0.05, 0) is 44.8 Å². The normalized spacial score (nSPS) is 26.5. The van der Waals surface area contributed by atoms with Gasteiger partial charge in [-0.15, -0.1) is 0 Å². The summed E-state index contributed by atoms with van der Waals surface area (Å²) in [4.78, 5) is 14.0. The second-order valence-corrected chi connectivity index (χ2v) is 5.16. The third-order valence-corrected chi connectivity index (χ3v) is 3.81. The maximum Gasteiger partial charge on any atom is 0.323 e. The van der Waals surface area contributed by atoms with E-state index < -0.39 is 0 Å². The lowest BCUT2D eigenvalue weighted by Crippen LogP contribution is -2.44. The van der Waals surface area contributed by atoms with Crippen molar-refractivity contribution in [3.63, 3.8) is 0 Å². The Balaban J connectivity index is 1.88. The van der Waals surface area contributed by atoms with Crippen LogP contribution in [0.15, 0.2) is 0 Å². The molecule has 0 aromatic carbocycles. The third-order valence-electron chi connectivity index (χ3n) is 3.81. The van der Waals surface area contributed by atoms with E-state index >= 15 is 0 Å². The van der Waals surface area contributed by atoms with Gasteiger partial charge in [0.2, 0.25) is 0 Å². The van der Waals surface area contributed by atoms with Crippen molar-refractivity contribution in [1.82, 2.24) is 10.2 Å². The first kappa shape index (κ1) is 12.8. The molecule has 2 rings (SSSR count). The van der Waals surface area contributed by atoms with Crippen molar-refractivity contribution in [1.29, 1.82) is 0 Å². The summed E-state index contributed by atoms with van der Waals surface area (Å²) in [6.45, 7) is 7.12. The summed E-state index contributed by atoms with van der Waals surface area (Å²) in [6, 6.07) is 0.0323. The topological polar surface area (TPSA) is 41.6 Å². The Bertz CT molecular complexity index is 252. The van der Waals surface area contributed by atoms with Crippen LogP contribution in [0.5, 0.6) is 0 Å². The van der Waals surface area contributed by atoms with Crippen LogP contribution in [0.3, 0.4) is 0 Å². The second-order valence-electron chi connectivity index (χ2n) is 5.16. The van der Waals surface area contributed by atoms with Crippen LogP contribution in [0.2, 0.25) is 0 Å². The Morgan fingerprint density at radius 3 is 2.71 bits per heavy atom. The minimum Gasteiger partial charge on any atom is -0.464 e. The van der Waals surface area contributed by atoms with Crippen LogP contribution in [0.4, 0.5) is 0 Å². The van der Waals surface area contributed by atoms with Gasteiger partial charge < -0.3 is 10.1 Å². The van der Waals surface area contributed by atoms with Crippen molar-refractivity contribution in [2.24, 2.45) is 5.92 Å². The lowest BCUT2D eigenvalue weighted by Gasteiger charge is -2.32. The van der Waals surface area contributed by atoms with Gasteiger partial charge in [0.15, 0.2) is 0 Å². The summed E-state index contributed by atoms with van der Waals surface area (Å²) >= 11 is 0. The number of rotatable bonds is 5. The van der Waals surface area contributed by atoms with Gasteiger partial charge in [0.1, 0.15) is 6.04 Å². The van der Waals surface area contributed by atoms with Crippen LogP contribution in [0.25, 0.3) is 0 Å². The predicted octanol–water partition coefficient (Wildman–Crippen LogP) is 1.01. The summed E-state index contributed by atoms with van der Waals surface area (Å²) in [5, 5.41) is 3.39. The number of esters is 1. The molecule has 2 heterocycles. The molecule has 17 heavy (non-hydrogen) atoms. The zero-order valence-corrected chi connectivity index (χ0v) is 10.8. The molecule has 4 nitrogen and oxygen atoms in total. The fourth-order valence-electron chi connectivity index (χ4n) is 2.87. The van der Waals surface area contributed by atoms with E-state index in [9.17, 15) is 4.79 Å². The lowest BCUT2D eigenvalue weighted by atomic mass is 9.96.